The van der Waals surface area contributed by atoms with Crippen LogP contribution in [0.25, 0.3) is 0 Å². The van der Waals surface area contributed by atoms with Gasteiger partial charge >= 0.3 is 29.6 Å². The summed E-state index contributed by atoms with van der Waals surface area (Å²) in [5.41, 5.74) is 1.46. The summed E-state index contributed by atoms with van der Waals surface area (Å²) in [6.07, 6.45) is 3.83. The van der Waals surface area contributed by atoms with Crippen molar-refractivity contribution in [3.63, 3.8) is 0 Å². The topological polar surface area (TPSA) is 0 Å². The zero-order valence-corrected chi connectivity index (χ0v) is 9.51. The van der Waals surface area contributed by atoms with Gasteiger partial charge in [-0.3, -0.25) is 0 Å². The van der Waals surface area contributed by atoms with E-state index in [2.05, 4.69) is 37.3 Å². The molecule has 0 fully saturated rings. The first-order chi connectivity index (χ1) is 4.93. The molecule has 0 nitrogen and oxygen atoms in total. The SMILES string of the molecule is CCCCc1ccccc1.[H-].[Na+]. The number of unbranched alkanes of at least 4 members (excludes halogenated alkanes) is 1. The summed E-state index contributed by atoms with van der Waals surface area (Å²) >= 11 is 0. The molecule has 0 aromatic heterocycles. The fourth-order valence-electron chi connectivity index (χ4n) is 1.03. The standard InChI is InChI=1S/C10H14.Na.H/c1-2-3-7-10-8-5-4-6-9-10;;/h4-6,8-9H,2-3,7H2,1H3;;/q;+1;-1. The van der Waals surface area contributed by atoms with E-state index in [0.29, 0.717) is 0 Å². The summed E-state index contributed by atoms with van der Waals surface area (Å²) in [6.45, 7) is 2.23. The summed E-state index contributed by atoms with van der Waals surface area (Å²) < 4.78 is 0. The van der Waals surface area contributed by atoms with Gasteiger partial charge in [0.25, 0.3) is 0 Å². The molecule has 1 heteroatoms. The maximum absolute atomic E-state index is 2.23. The second kappa shape index (κ2) is 6.90. The first-order valence-corrected chi connectivity index (χ1v) is 3.97. The molecule has 0 N–H and O–H groups in total. The van der Waals surface area contributed by atoms with Crippen LogP contribution in [0, 0.1) is 0 Å². The molecule has 56 valence electrons. The normalized spacial score (nSPS) is 8.82. The molecule has 0 unspecified atom stereocenters. The van der Waals surface area contributed by atoms with Crippen LogP contribution in [-0.4, -0.2) is 0 Å². The molecule has 0 spiro atoms. The Balaban J connectivity index is 0. The predicted octanol–water partition coefficient (Wildman–Crippen LogP) is 0.146. The molecule has 0 aliphatic carbocycles. The van der Waals surface area contributed by atoms with Crippen molar-refractivity contribution in [2.45, 2.75) is 26.2 Å². The van der Waals surface area contributed by atoms with Gasteiger partial charge in [0.2, 0.25) is 0 Å². The molecule has 0 aliphatic heterocycles. The van der Waals surface area contributed by atoms with E-state index in [1.165, 1.54) is 24.8 Å². The van der Waals surface area contributed by atoms with Crippen molar-refractivity contribution in [3.8, 4) is 0 Å². The van der Waals surface area contributed by atoms with E-state index in [4.69, 9.17) is 0 Å². The van der Waals surface area contributed by atoms with Crippen LogP contribution >= 0.6 is 0 Å². The second-order valence-electron chi connectivity index (χ2n) is 2.59. The van der Waals surface area contributed by atoms with Gasteiger partial charge in [-0.2, -0.15) is 0 Å². The first kappa shape index (κ1) is 11.2. The Hall–Kier alpha value is 0.220. The third-order valence-electron chi connectivity index (χ3n) is 1.66. The van der Waals surface area contributed by atoms with Gasteiger partial charge < -0.3 is 1.43 Å². The van der Waals surface area contributed by atoms with Gasteiger partial charge in [-0.25, -0.2) is 0 Å². The molecule has 0 amide bonds. The van der Waals surface area contributed by atoms with Crippen molar-refractivity contribution in [2.75, 3.05) is 0 Å². The first-order valence-electron chi connectivity index (χ1n) is 3.97. The smallest absolute Gasteiger partial charge is 1.00 e. The third-order valence-corrected chi connectivity index (χ3v) is 1.66. The minimum Gasteiger partial charge on any atom is -1.00 e. The maximum atomic E-state index is 2.23. The summed E-state index contributed by atoms with van der Waals surface area (Å²) in [5, 5.41) is 0. The van der Waals surface area contributed by atoms with Crippen molar-refractivity contribution in [2.24, 2.45) is 0 Å². The zero-order valence-electron chi connectivity index (χ0n) is 8.51. The summed E-state index contributed by atoms with van der Waals surface area (Å²) in [7, 11) is 0. The number of hydrogen-bond acceptors (Lipinski definition) is 0. The fourth-order valence-corrected chi connectivity index (χ4v) is 1.03. The Morgan fingerprint density at radius 3 is 2.36 bits per heavy atom. The van der Waals surface area contributed by atoms with Crippen LogP contribution in [-0.2, 0) is 6.42 Å². The van der Waals surface area contributed by atoms with Crippen molar-refractivity contribution in [3.05, 3.63) is 35.9 Å². The van der Waals surface area contributed by atoms with E-state index in [-0.39, 0.29) is 31.0 Å². The van der Waals surface area contributed by atoms with E-state index >= 15 is 0 Å². The van der Waals surface area contributed by atoms with Gasteiger partial charge in [0.05, 0.1) is 0 Å². The monoisotopic (exact) mass is 158 g/mol. The van der Waals surface area contributed by atoms with Gasteiger partial charge in [-0.05, 0) is 18.4 Å². The molecule has 1 rings (SSSR count). The fraction of sp³-hybridized carbons (Fsp3) is 0.400. The maximum Gasteiger partial charge on any atom is 1.00 e. The van der Waals surface area contributed by atoms with Gasteiger partial charge in [-0.1, -0.05) is 43.7 Å². The molecule has 11 heavy (non-hydrogen) atoms. The Morgan fingerprint density at radius 1 is 1.18 bits per heavy atom. The van der Waals surface area contributed by atoms with Gasteiger partial charge in [-0.15, -0.1) is 0 Å². The molecule has 1 aromatic rings. The van der Waals surface area contributed by atoms with Crippen LogP contribution < -0.4 is 29.6 Å². The van der Waals surface area contributed by atoms with E-state index in [1.54, 1.807) is 0 Å². The van der Waals surface area contributed by atoms with Crippen LogP contribution in [0.2, 0.25) is 0 Å². The summed E-state index contributed by atoms with van der Waals surface area (Å²) in [4.78, 5) is 0. The molecule has 0 saturated heterocycles. The van der Waals surface area contributed by atoms with E-state index < -0.39 is 0 Å². The molecule has 1 aromatic carbocycles. The van der Waals surface area contributed by atoms with Crippen molar-refractivity contribution >= 4 is 0 Å². The Labute approximate surface area is 92.8 Å². The Morgan fingerprint density at radius 2 is 1.82 bits per heavy atom. The van der Waals surface area contributed by atoms with Gasteiger partial charge in [0.15, 0.2) is 0 Å². The van der Waals surface area contributed by atoms with E-state index in [1.807, 2.05) is 0 Å². The zero-order chi connectivity index (χ0) is 7.23. The van der Waals surface area contributed by atoms with Crippen molar-refractivity contribution < 1.29 is 31.0 Å². The van der Waals surface area contributed by atoms with E-state index in [9.17, 15) is 0 Å². The quantitative estimate of drug-likeness (QED) is 0.549. The van der Waals surface area contributed by atoms with Crippen LogP contribution in [0.3, 0.4) is 0 Å². The third kappa shape index (κ3) is 4.62. The number of aryl methyl sites for hydroxylation is 1. The van der Waals surface area contributed by atoms with Crippen molar-refractivity contribution in [1.29, 1.82) is 0 Å². The van der Waals surface area contributed by atoms with Crippen LogP contribution in [0.1, 0.15) is 26.8 Å². The summed E-state index contributed by atoms with van der Waals surface area (Å²) in [5.74, 6) is 0. The van der Waals surface area contributed by atoms with E-state index in [0.717, 1.165) is 0 Å². The minimum atomic E-state index is 0. The minimum absolute atomic E-state index is 0. The average Bonchev–Trinajstić information content (AvgIpc) is 2.03. The number of rotatable bonds is 3. The second-order valence-corrected chi connectivity index (χ2v) is 2.59. The number of benzene rings is 1. The van der Waals surface area contributed by atoms with Crippen LogP contribution in [0.5, 0.6) is 0 Å². The average molecular weight is 158 g/mol. The van der Waals surface area contributed by atoms with Crippen molar-refractivity contribution in [1.82, 2.24) is 0 Å². The number of hydrogen-bond donors (Lipinski definition) is 0. The Bertz CT molecular complexity index is 174. The Kier molecular flexibility index (Phi) is 7.04. The molecule has 0 aliphatic rings. The van der Waals surface area contributed by atoms with Crippen LogP contribution in [0.4, 0.5) is 0 Å². The van der Waals surface area contributed by atoms with Gasteiger partial charge in [0, 0.05) is 0 Å². The summed E-state index contributed by atoms with van der Waals surface area (Å²) in [6, 6.07) is 10.6. The molecule has 0 radical (unpaired) electrons. The van der Waals surface area contributed by atoms with Crippen LogP contribution in [0.15, 0.2) is 30.3 Å². The molecular formula is C10H15Na. The predicted molar refractivity (Wildman–Crippen MR) is 46.2 cm³/mol. The van der Waals surface area contributed by atoms with Gasteiger partial charge in [0.1, 0.15) is 0 Å². The molecule has 0 atom stereocenters. The largest absolute Gasteiger partial charge is 1.00 e. The molecule has 0 bridgehead atoms. The molecule has 0 saturated carbocycles. The molecule has 0 heterocycles. The molecular weight excluding hydrogens is 143 g/mol.